The number of nitrogens with one attached hydrogen (secondary N) is 4. The first-order valence-corrected chi connectivity index (χ1v) is 17.2. The summed E-state index contributed by atoms with van der Waals surface area (Å²) in [4.78, 5) is 51.7. The molecule has 13 heteroatoms. The number of aliphatic hydroxyl groups is 2. The Bertz CT molecular complexity index is 2150. The van der Waals surface area contributed by atoms with Gasteiger partial charge in [-0.05, 0) is 78.9 Å². The number of aromatic hydroxyl groups is 1. The third-order valence-corrected chi connectivity index (χ3v) is 9.37. The van der Waals surface area contributed by atoms with E-state index in [-0.39, 0.29) is 70.8 Å². The van der Waals surface area contributed by atoms with Crippen LogP contribution in [0, 0.1) is 0 Å². The molecule has 6 rings (SSSR count). The number of rotatable bonds is 15. The summed E-state index contributed by atoms with van der Waals surface area (Å²) >= 11 is 0. The molecule has 1 aromatic heterocycles. The molecule has 13 nitrogen and oxygen atoms in total. The van der Waals surface area contributed by atoms with Crippen molar-refractivity contribution < 1.29 is 39.5 Å². The van der Waals surface area contributed by atoms with E-state index in [2.05, 4.69) is 20.9 Å². The smallest absolute Gasteiger partial charge is 0.345 e. The fourth-order valence-corrected chi connectivity index (χ4v) is 6.40. The molecule has 1 saturated carbocycles. The van der Waals surface area contributed by atoms with E-state index < -0.39 is 17.7 Å². The number of H-pyrrole nitrogens is 1. The summed E-state index contributed by atoms with van der Waals surface area (Å²) in [5.41, 5.74) is 0.0299. The molecule has 53 heavy (non-hydrogen) atoms. The van der Waals surface area contributed by atoms with Crippen molar-refractivity contribution in [3.05, 3.63) is 141 Å². The number of aliphatic carboxylic acids is 1. The maximum absolute atomic E-state index is 12.8. The summed E-state index contributed by atoms with van der Waals surface area (Å²) in [5.74, 6) is -1.86. The number of carbonyl (C=O) groups excluding carboxylic acids is 2. The molecule has 2 atom stereocenters. The second kappa shape index (κ2) is 16.1. The van der Waals surface area contributed by atoms with E-state index in [9.17, 15) is 39.6 Å². The molecule has 0 bridgehead atoms. The maximum Gasteiger partial charge on any atom is 0.345 e. The largest absolute Gasteiger partial charge is 0.506 e. The minimum absolute atomic E-state index is 0.0656. The van der Waals surface area contributed by atoms with E-state index in [1.54, 1.807) is 54.6 Å². The number of phenols is 1. The van der Waals surface area contributed by atoms with Crippen LogP contribution in [-0.2, 0) is 21.6 Å². The highest BCUT2D eigenvalue weighted by atomic mass is 16.5. The zero-order valence-electron chi connectivity index (χ0n) is 28.6. The lowest BCUT2D eigenvalue weighted by Crippen LogP contribution is -2.54. The Kier molecular flexibility index (Phi) is 11.2. The van der Waals surface area contributed by atoms with Crippen LogP contribution in [0.2, 0.25) is 0 Å². The summed E-state index contributed by atoms with van der Waals surface area (Å²) in [6, 6.07) is 27.0. The van der Waals surface area contributed by atoms with Crippen molar-refractivity contribution in [1.82, 2.24) is 20.9 Å². The molecule has 5 aromatic rings. The highest BCUT2D eigenvalue weighted by Gasteiger charge is 2.40. The predicted molar refractivity (Wildman–Crippen MR) is 196 cm³/mol. The minimum atomic E-state index is -2.29. The van der Waals surface area contributed by atoms with Gasteiger partial charge in [0.25, 0.3) is 11.8 Å². The van der Waals surface area contributed by atoms with Gasteiger partial charge in [-0.1, -0.05) is 60.7 Å². The first-order chi connectivity index (χ1) is 25.5. The lowest BCUT2D eigenvalue weighted by molar-refractivity contribution is -0.155. The zero-order valence-corrected chi connectivity index (χ0v) is 28.6. The van der Waals surface area contributed by atoms with Crippen molar-refractivity contribution in [2.24, 2.45) is 0 Å². The molecule has 1 fully saturated rings. The Morgan fingerprint density at radius 3 is 2.32 bits per heavy atom. The number of phenolic OH excluding ortho intramolecular Hbond substituents is 1. The molecular weight excluding hydrogens is 680 g/mol. The highest BCUT2D eigenvalue weighted by Crippen LogP contribution is 2.32. The van der Waals surface area contributed by atoms with Gasteiger partial charge in [0.2, 0.25) is 11.2 Å². The second-order valence-corrected chi connectivity index (χ2v) is 13.1. The van der Waals surface area contributed by atoms with Crippen molar-refractivity contribution >= 4 is 28.7 Å². The molecule has 1 aliphatic carbocycles. The number of pyridine rings is 1. The van der Waals surface area contributed by atoms with Crippen LogP contribution >= 0.6 is 0 Å². The zero-order chi connectivity index (χ0) is 37.5. The molecular formula is C40H40N4O9. The quantitative estimate of drug-likeness (QED) is 0.0742. The molecule has 0 spiro atoms. The Balaban J connectivity index is 0.899. The van der Waals surface area contributed by atoms with Gasteiger partial charge in [0, 0.05) is 41.2 Å². The lowest BCUT2D eigenvalue weighted by Gasteiger charge is -2.36. The van der Waals surface area contributed by atoms with Crippen molar-refractivity contribution in [2.45, 2.75) is 43.1 Å². The number of fused-ring (bicyclic) bond motifs is 1. The molecule has 2 amide bonds. The number of carboxylic acids is 1. The third-order valence-electron chi connectivity index (χ3n) is 9.37. The van der Waals surface area contributed by atoms with Crippen molar-refractivity contribution in [3.63, 3.8) is 0 Å². The molecule has 0 unspecified atom stereocenters. The van der Waals surface area contributed by atoms with Gasteiger partial charge >= 0.3 is 5.97 Å². The topological polar surface area (TPSA) is 210 Å². The van der Waals surface area contributed by atoms with Gasteiger partial charge in [0.15, 0.2) is 6.61 Å². The molecule has 1 aliphatic rings. The third kappa shape index (κ3) is 8.55. The first kappa shape index (κ1) is 36.8. The van der Waals surface area contributed by atoms with Crippen molar-refractivity contribution in [2.75, 3.05) is 19.7 Å². The Morgan fingerprint density at radius 2 is 1.58 bits per heavy atom. The molecule has 0 radical (unpaired) electrons. The Labute approximate surface area is 304 Å². The van der Waals surface area contributed by atoms with Gasteiger partial charge in [0.05, 0.1) is 11.6 Å². The van der Waals surface area contributed by atoms with Crippen molar-refractivity contribution in [1.29, 1.82) is 0 Å². The van der Waals surface area contributed by atoms with Crippen LogP contribution in [0.3, 0.4) is 0 Å². The van der Waals surface area contributed by atoms with E-state index in [1.165, 1.54) is 36.4 Å². The molecule has 4 aromatic carbocycles. The number of aliphatic hydroxyl groups excluding tert-OH is 1. The van der Waals surface area contributed by atoms with Crippen molar-refractivity contribution in [3.8, 4) is 11.5 Å². The number of hydrogen-bond donors (Lipinski definition) is 8. The van der Waals surface area contributed by atoms with E-state index >= 15 is 0 Å². The van der Waals surface area contributed by atoms with Gasteiger partial charge in [-0.3, -0.25) is 14.4 Å². The van der Waals surface area contributed by atoms with Gasteiger partial charge in [-0.2, -0.15) is 0 Å². The molecule has 0 saturated heterocycles. The van der Waals surface area contributed by atoms with Gasteiger partial charge in [-0.25, -0.2) is 4.79 Å². The second-order valence-electron chi connectivity index (χ2n) is 13.1. The highest BCUT2D eigenvalue weighted by molar-refractivity contribution is 5.94. The standard InChI is InChI=1S/C40H40N4O9/c45-33-15-13-31(32-14-16-35(47)44-37(32)33)34(46)22-41-18-17-24-9-11-25(12-10-24)38(49)43-29-20-28(21-29)42-36(48)23-53-30-8-4-7-27(19-30)40(52,39(50)51)26-5-2-1-3-6-26/h1-16,19,28-29,34,41,45-46,52H,17-18,20-23H2,(H,42,48)(H,43,49)(H,44,47)(H,50,51)/t28?,29?,34-,40-/m0/s1. The fraction of sp³-hybridized carbons (Fsp3) is 0.250. The average Bonchev–Trinajstić information content (AvgIpc) is 3.15. The normalized spacial score (nSPS) is 16.9. The van der Waals surface area contributed by atoms with Crippen LogP contribution in [0.15, 0.2) is 108 Å². The molecule has 8 N–H and O–H groups in total. The number of carbonyl (C=O) groups is 3. The minimum Gasteiger partial charge on any atom is -0.506 e. The SMILES string of the molecule is O=C(COc1cccc([C@](O)(C(=O)O)c2ccccc2)c1)NC1CC(NC(=O)c2ccc(CCNC[C@H](O)c3ccc(O)c4[nH]c(=O)ccc34)cc2)C1. The van der Waals surface area contributed by atoms with E-state index in [0.717, 1.165) is 5.56 Å². The first-order valence-electron chi connectivity index (χ1n) is 17.2. The molecule has 1 heterocycles. The average molecular weight is 721 g/mol. The van der Waals surface area contributed by atoms with Gasteiger partial charge in [0.1, 0.15) is 11.5 Å². The lowest BCUT2D eigenvalue weighted by atomic mass is 9.86. The number of carboxylic acid groups (broad SMARTS) is 1. The summed E-state index contributed by atoms with van der Waals surface area (Å²) < 4.78 is 5.61. The fourth-order valence-electron chi connectivity index (χ4n) is 6.40. The van der Waals surface area contributed by atoms with Crippen LogP contribution in [0.5, 0.6) is 11.5 Å². The van der Waals surface area contributed by atoms with Crippen LogP contribution in [0.4, 0.5) is 0 Å². The number of benzene rings is 4. The van der Waals surface area contributed by atoms with E-state index in [1.807, 2.05) is 12.1 Å². The van der Waals surface area contributed by atoms with Crippen LogP contribution < -0.4 is 26.2 Å². The summed E-state index contributed by atoms with van der Waals surface area (Å²) in [5, 5.41) is 51.4. The number of aromatic amines is 1. The van der Waals surface area contributed by atoms with E-state index in [0.29, 0.717) is 42.3 Å². The Morgan fingerprint density at radius 1 is 0.868 bits per heavy atom. The van der Waals surface area contributed by atoms with Gasteiger partial charge in [-0.15, -0.1) is 0 Å². The molecule has 274 valence electrons. The van der Waals surface area contributed by atoms with Crippen LogP contribution in [0.1, 0.15) is 51.6 Å². The number of hydrogen-bond acceptors (Lipinski definition) is 9. The van der Waals surface area contributed by atoms with Crippen LogP contribution in [-0.4, -0.2) is 75.0 Å². The Hall–Kier alpha value is -6.02. The van der Waals surface area contributed by atoms with Gasteiger partial charge < -0.3 is 46.1 Å². The van der Waals surface area contributed by atoms with E-state index in [4.69, 9.17) is 4.74 Å². The monoisotopic (exact) mass is 720 g/mol. The summed E-state index contributed by atoms with van der Waals surface area (Å²) in [7, 11) is 0. The van der Waals surface area contributed by atoms with Crippen LogP contribution in [0.25, 0.3) is 10.9 Å². The summed E-state index contributed by atoms with van der Waals surface area (Å²) in [6.45, 7) is 0.525. The molecule has 0 aliphatic heterocycles. The number of amides is 2. The predicted octanol–water partition coefficient (Wildman–Crippen LogP) is 2.88. The summed E-state index contributed by atoms with van der Waals surface area (Å²) in [6.07, 6.45) is 0.920. The number of ether oxygens (including phenoxy) is 1. The number of aromatic nitrogens is 1. The maximum atomic E-state index is 12.8.